The summed E-state index contributed by atoms with van der Waals surface area (Å²) in [6.45, 7) is 0. The Morgan fingerprint density at radius 3 is 2.58 bits per heavy atom. The number of nitrogens with one attached hydrogen (secondary N) is 1. The first-order valence-electron chi connectivity index (χ1n) is 9.15. The van der Waals surface area contributed by atoms with Crippen LogP contribution in [0.1, 0.15) is 16.2 Å². The molecule has 0 saturated carbocycles. The minimum Gasteiger partial charge on any atom is -0.493 e. The number of para-hydroxylation sites is 1. The zero-order valence-electron chi connectivity index (χ0n) is 17.2. The van der Waals surface area contributed by atoms with Gasteiger partial charge in [-0.3, -0.25) is 4.79 Å². The first kappa shape index (κ1) is 22.2. The number of nitrogens with zero attached hydrogens (tertiary/aromatic N) is 2. The van der Waals surface area contributed by atoms with Crippen LogP contribution in [0.3, 0.4) is 0 Å². The van der Waals surface area contributed by atoms with Gasteiger partial charge < -0.3 is 24.1 Å². The molecule has 1 N–H and O–H groups in total. The molecule has 0 unspecified atom stereocenters. The molecule has 0 aliphatic heterocycles. The first-order valence-corrected chi connectivity index (χ1v) is 10.3. The summed E-state index contributed by atoms with van der Waals surface area (Å²) < 4.78 is 20.5. The van der Waals surface area contributed by atoms with Gasteiger partial charge in [0, 0.05) is 5.56 Å². The van der Waals surface area contributed by atoms with Crippen molar-refractivity contribution in [2.75, 3.05) is 32.4 Å². The maximum atomic E-state index is 12.2. The van der Waals surface area contributed by atoms with E-state index in [9.17, 15) is 9.59 Å². The van der Waals surface area contributed by atoms with Crippen LogP contribution in [0.5, 0.6) is 11.5 Å². The number of ether oxygens (including phenoxy) is 3. The van der Waals surface area contributed by atoms with E-state index < -0.39 is 5.97 Å². The molecular formula is C21H21N3O6S. The number of aromatic nitrogens is 2. The third-order valence-corrected chi connectivity index (χ3v) is 5.09. The molecule has 1 amide bonds. The summed E-state index contributed by atoms with van der Waals surface area (Å²) in [5, 5.41) is 6.69. The van der Waals surface area contributed by atoms with Crippen molar-refractivity contribution in [2.24, 2.45) is 0 Å². The van der Waals surface area contributed by atoms with Crippen LogP contribution < -0.4 is 14.8 Å². The van der Waals surface area contributed by atoms with Gasteiger partial charge in [-0.25, -0.2) is 4.79 Å². The highest BCUT2D eigenvalue weighted by Gasteiger charge is 2.15. The zero-order valence-corrected chi connectivity index (χ0v) is 18.0. The van der Waals surface area contributed by atoms with Crippen LogP contribution in [-0.4, -0.2) is 49.1 Å². The van der Waals surface area contributed by atoms with Gasteiger partial charge in [-0.2, -0.15) is 4.98 Å². The number of thioether (sulfide) groups is 1. The molecular weight excluding hydrogens is 422 g/mol. The molecule has 0 aliphatic rings. The fourth-order valence-corrected chi connectivity index (χ4v) is 3.35. The van der Waals surface area contributed by atoms with E-state index in [2.05, 4.69) is 15.5 Å². The SMILES string of the molecule is COC(=O)c1ccccc1NC(=O)CSCc1nc(-c2ccc(OC)c(OC)c2)no1. The van der Waals surface area contributed by atoms with Gasteiger partial charge in [-0.05, 0) is 30.3 Å². The number of rotatable bonds is 9. The minimum absolute atomic E-state index is 0.142. The quantitative estimate of drug-likeness (QED) is 0.497. The highest BCUT2D eigenvalue weighted by molar-refractivity contribution is 7.99. The van der Waals surface area contributed by atoms with E-state index in [0.29, 0.717) is 40.2 Å². The molecule has 162 valence electrons. The largest absolute Gasteiger partial charge is 0.493 e. The van der Waals surface area contributed by atoms with Crippen molar-refractivity contribution in [3.63, 3.8) is 0 Å². The molecule has 9 nitrogen and oxygen atoms in total. The van der Waals surface area contributed by atoms with Gasteiger partial charge in [0.1, 0.15) is 0 Å². The second-order valence-electron chi connectivity index (χ2n) is 6.16. The Morgan fingerprint density at radius 2 is 1.84 bits per heavy atom. The Balaban J connectivity index is 1.56. The maximum absolute atomic E-state index is 12.2. The number of amides is 1. The van der Waals surface area contributed by atoms with Gasteiger partial charge >= 0.3 is 5.97 Å². The van der Waals surface area contributed by atoms with E-state index in [1.165, 1.54) is 18.9 Å². The lowest BCUT2D eigenvalue weighted by Crippen LogP contribution is -2.17. The predicted octanol–water partition coefficient (Wildman–Crippen LogP) is 3.41. The third kappa shape index (κ3) is 5.54. The van der Waals surface area contributed by atoms with E-state index in [1.807, 2.05) is 0 Å². The van der Waals surface area contributed by atoms with Crippen molar-refractivity contribution in [1.82, 2.24) is 10.1 Å². The van der Waals surface area contributed by atoms with Crippen LogP contribution in [0.2, 0.25) is 0 Å². The van der Waals surface area contributed by atoms with Crippen LogP contribution in [0.15, 0.2) is 47.0 Å². The third-order valence-electron chi connectivity index (χ3n) is 4.17. The molecule has 1 aromatic heterocycles. The monoisotopic (exact) mass is 443 g/mol. The van der Waals surface area contributed by atoms with Crippen molar-refractivity contribution >= 4 is 29.3 Å². The number of carbonyl (C=O) groups is 2. The molecule has 1 heterocycles. The first-order chi connectivity index (χ1) is 15.0. The van der Waals surface area contributed by atoms with E-state index >= 15 is 0 Å². The average molecular weight is 443 g/mol. The standard InChI is InChI=1S/C21H21N3O6S/c1-27-16-9-8-13(10-17(16)28-2)20-23-19(30-24-20)12-31-11-18(25)22-15-7-5-4-6-14(15)21(26)29-3/h4-10H,11-12H2,1-3H3,(H,22,25). The summed E-state index contributed by atoms with van der Waals surface area (Å²) in [5.74, 6) is 1.68. The lowest BCUT2D eigenvalue weighted by Gasteiger charge is -2.09. The number of hydrogen-bond acceptors (Lipinski definition) is 9. The number of esters is 1. The smallest absolute Gasteiger partial charge is 0.339 e. The summed E-state index contributed by atoms with van der Waals surface area (Å²) in [6.07, 6.45) is 0. The van der Waals surface area contributed by atoms with Gasteiger partial charge in [0.05, 0.1) is 44.1 Å². The van der Waals surface area contributed by atoms with Crippen molar-refractivity contribution in [3.05, 3.63) is 53.9 Å². The van der Waals surface area contributed by atoms with Gasteiger partial charge in [-0.1, -0.05) is 17.3 Å². The number of benzene rings is 2. The Bertz CT molecular complexity index is 1070. The molecule has 31 heavy (non-hydrogen) atoms. The number of methoxy groups -OCH3 is 3. The second kappa shape index (κ2) is 10.5. The summed E-state index contributed by atoms with van der Waals surface area (Å²) in [4.78, 5) is 28.4. The van der Waals surface area contributed by atoms with Crippen molar-refractivity contribution in [2.45, 2.75) is 5.75 Å². The van der Waals surface area contributed by atoms with Gasteiger partial charge in [0.2, 0.25) is 17.6 Å². The van der Waals surface area contributed by atoms with Crippen LogP contribution in [0, 0.1) is 0 Å². The van der Waals surface area contributed by atoms with E-state index in [-0.39, 0.29) is 11.7 Å². The van der Waals surface area contributed by atoms with Gasteiger partial charge in [0.25, 0.3) is 0 Å². The molecule has 10 heteroatoms. The Morgan fingerprint density at radius 1 is 1.06 bits per heavy atom. The Kier molecular flexibility index (Phi) is 7.50. The Labute approximate surface area is 183 Å². The van der Waals surface area contributed by atoms with Crippen LogP contribution in [0.4, 0.5) is 5.69 Å². The van der Waals surface area contributed by atoms with Crippen molar-refractivity contribution in [3.8, 4) is 22.9 Å². The Hall–Kier alpha value is -3.53. The second-order valence-corrected chi connectivity index (χ2v) is 7.15. The van der Waals surface area contributed by atoms with Crippen LogP contribution >= 0.6 is 11.8 Å². The molecule has 0 fully saturated rings. The number of anilines is 1. The van der Waals surface area contributed by atoms with E-state index in [0.717, 1.165) is 5.56 Å². The highest BCUT2D eigenvalue weighted by atomic mass is 32.2. The summed E-state index contributed by atoms with van der Waals surface area (Å²) in [6, 6.07) is 12.0. The normalized spacial score (nSPS) is 10.4. The molecule has 0 atom stereocenters. The molecule has 0 saturated heterocycles. The molecule has 0 aliphatic carbocycles. The van der Waals surface area contributed by atoms with Crippen molar-refractivity contribution < 1.29 is 28.3 Å². The van der Waals surface area contributed by atoms with E-state index in [4.69, 9.17) is 18.7 Å². The lowest BCUT2D eigenvalue weighted by atomic mass is 10.2. The molecule has 0 bridgehead atoms. The molecule has 2 aromatic carbocycles. The van der Waals surface area contributed by atoms with Crippen molar-refractivity contribution in [1.29, 1.82) is 0 Å². The average Bonchev–Trinajstić information content (AvgIpc) is 3.27. The lowest BCUT2D eigenvalue weighted by molar-refractivity contribution is -0.113. The highest BCUT2D eigenvalue weighted by Crippen LogP contribution is 2.31. The van der Waals surface area contributed by atoms with Gasteiger partial charge in [-0.15, -0.1) is 11.8 Å². The maximum Gasteiger partial charge on any atom is 0.339 e. The molecule has 3 aromatic rings. The summed E-state index contributed by atoms with van der Waals surface area (Å²) in [7, 11) is 4.40. The fraction of sp³-hybridized carbons (Fsp3) is 0.238. The number of carbonyl (C=O) groups excluding carboxylic acids is 2. The topological polar surface area (TPSA) is 113 Å². The molecule has 0 radical (unpaired) electrons. The predicted molar refractivity (Wildman–Crippen MR) is 115 cm³/mol. The zero-order chi connectivity index (χ0) is 22.2. The summed E-state index contributed by atoms with van der Waals surface area (Å²) >= 11 is 1.31. The van der Waals surface area contributed by atoms with Crippen LogP contribution in [0.25, 0.3) is 11.4 Å². The molecule has 3 rings (SSSR count). The van der Waals surface area contributed by atoms with Gasteiger partial charge in [0.15, 0.2) is 11.5 Å². The minimum atomic E-state index is -0.517. The van der Waals surface area contributed by atoms with E-state index in [1.54, 1.807) is 56.7 Å². The number of hydrogen-bond donors (Lipinski definition) is 1. The summed E-state index contributed by atoms with van der Waals surface area (Å²) in [5.41, 5.74) is 1.41. The van der Waals surface area contributed by atoms with Crippen LogP contribution in [-0.2, 0) is 15.3 Å². The fourth-order valence-electron chi connectivity index (χ4n) is 2.70. The molecule has 0 spiro atoms.